The van der Waals surface area contributed by atoms with Crippen molar-refractivity contribution in [2.75, 3.05) is 11.9 Å². The molecule has 2 aromatic rings. The van der Waals surface area contributed by atoms with Gasteiger partial charge < -0.3 is 10.6 Å². The first-order valence-corrected chi connectivity index (χ1v) is 7.40. The largest absolute Gasteiger partial charge is 0.435 e. The van der Waals surface area contributed by atoms with Crippen LogP contribution in [0.15, 0.2) is 30.5 Å². The number of anilines is 1. The molecular formula is C16H17F3N4O2. The maximum Gasteiger partial charge on any atom is 0.435 e. The fourth-order valence-electron chi connectivity index (χ4n) is 2.18. The third-order valence-corrected chi connectivity index (χ3v) is 3.43. The zero-order valence-electron chi connectivity index (χ0n) is 13.6. The van der Waals surface area contributed by atoms with Gasteiger partial charge in [-0.05, 0) is 31.0 Å². The molecular weight excluding hydrogens is 337 g/mol. The van der Waals surface area contributed by atoms with Crippen molar-refractivity contribution < 1.29 is 22.8 Å². The van der Waals surface area contributed by atoms with Crippen LogP contribution in [0, 0.1) is 13.8 Å². The molecule has 6 nitrogen and oxygen atoms in total. The number of amides is 2. The van der Waals surface area contributed by atoms with Gasteiger partial charge in [0.25, 0.3) is 0 Å². The predicted molar refractivity (Wildman–Crippen MR) is 84.8 cm³/mol. The van der Waals surface area contributed by atoms with Gasteiger partial charge in [-0.2, -0.15) is 18.3 Å². The molecule has 0 bridgehead atoms. The Bertz CT molecular complexity index is 764. The van der Waals surface area contributed by atoms with E-state index < -0.39 is 30.2 Å². The predicted octanol–water partition coefficient (Wildman–Crippen LogP) is 2.27. The van der Waals surface area contributed by atoms with Gasteiger partial charge in [0.1, 0.15) is 6.54 Å². The van der Waals surface area contributed by atoms with E-state index in [0.29, 0.717) is 5.69 Å². The van der Waals surface area contributed by atoms with Crippen molar-refractivity contribution in [1.29, 1.82) is 0 Å². The Morgan fingerprint density at radius 1 is 1.12 bits per heavy atom. The molecule has 0 saturated heterocycles. The number of nitrogens with one attached hydrogen (secondary N) is 2. The van der Waals surface area contributed by atoms with E-state index in [0.717, 1.165) is 28.1 Å². The second-order valence-electron chi connectivity index (χ2n) is 5.49. The SMILES string of the molecule is Cc1cccc(C)c1NC(=O)CNC(=O)Cn1ccc(C(F)(F)F)n1. The van der Waals surface area contributed by atoms with Crippen molar-refractivity contribution in [3.63, 3.8) is 0 Å². The molecule has 2 N–H and O–H groups in total. The minimum absolute atomic E-state index is 0.292. The zero-order chi connectivity index (χ0) is 18.6. The molecule has 1 aromatic carbocycles. The van der Waals surface area contributed by atoms with Crippen LogP contribution >= 0.6 is 0 Å². The third kappa shape index (κ3) is 5.07. The molecule has 0 spiro atoms. The van der Waals surface area contributed by atoms with E-state index in [1.807, 2.05) is 32.0 Å². The van der Waals surface area contributed by atoms with E-state index in [1.54, 1.807) is 0 Å². The van der Waals surface area contributed by atoms with Crippen LogP contribution in [0.3, 0.4) is 0 Å². The molecule has 0 unspecified atom stereocenters. The summed E-state index contributed by atoms with van der Waals surface area (Å²) >= 11 is 0. The van der Waals surface area contributed by atoms with Crippen molar-refractivity contribution in [2.45, 2.75) is 26.6 Å². The Kier molecular flexibility index (Phi) is 5.45. The lowest BCUT2D eigenvalue weighted by molar-refractivity contribution is -0.141. The minimum atomic E-state index is -4.56. The van der Waals surface area contributed by atoms with Crippen molar-refractivity contribution in [3.05, 3.63) is 47.3 Å². The average Bonchev–Trinajstić information content (AvgIpc) is 2.98. The van der Waals surface area contributed by atoms with E-state index in [2.05, 4.69) is 15.7 Å². The molecule has 2 rings (SSSR count). The summed E-state index contributed by atoms with van der Waals surface area (Å²) in [6, 6.07) is 6.33. The van der Waals surface area contributed by atoms with Crippen LogP contribution in [-0.4, -0.2) is 28.1 Å². The molecule has 0 atom stereocenters. The van der Waals surface area contributed by atoms with Gasteiger partial charge in [0.05, 0.1) is 6.54 Å². The smallest absolute Gasteiger partial charge is 0.345 e. The zero-order valence-corrected chi connectivity index (χ0v) is 13.6. The number of para-hydroxylation sites is 1. The highest BCUT2D eigenvalue weighted by Gasteiger charge is 2.33. The summed E-state index contributed by atoms with van der Waals surface area (Å²) in [6.07, 6.45) is -3.51. The number of benzene rings is 1. The topological polar surface area (TPSA) is 76.0 Å². The van der Waals surface area contributed by atoms with Crippen LogP contribution in [-0.2, 0) is 22.3 Å². The van der Waals surface area contributed by atoms with Crippen LogP contribution < -0.4 is 10.6 Å². The molecule has 9 heteroatoms. The number of carbonyl (C=O) groups excluding carboxylic acids is 2. The molecule has 0 aliphatic heterocycles. The molecule has 0 fully saturated rings. The highest BCUT2D eigenvalue weighted by atomic mass is 19.4. The fraction of sp³-hybridized carbons (Fsp3) is 0.312. The van der Waals surface area contributed by atoms with Gasteiger partial charge in [-0.15, -0.1) is 0 Å². The van der Waals surface area contributed by atoms with E-state index in [9.17, 15) is 22.8 Å². The normalized spacial score (nSPS) is 11.2. The van der Waals surface area contributed by atoms with Crippen LogP contribution in [0.1, 0.15) is 16.8 Å². The number of aromatic nitrogens is 2. The number of halogens is 3. The Morgan fingerprint density at radius 3 is 2.32 bits per heavy atom. The standard InChI is InChI=1S/C16H17F3N4O2/c1-10-4-3-5-11(2)15(10)21-13(24)8-20-14(25)9-23-7-6-12(22-23)16(17,18)19/h3-7H,8-9H2,1-2H3,(H,20,25)(H,21,24). The van der Waals surface area contributed by atoms with Crippen LogP contribution in [0.4, 0.5) is 18.9 Å². The number of hydrogen-bond donors (Lipinski definition) is 2. The molecule has 134 valence electrons. The minimum Gasteiger partial charge on any atom is -0.345 e. The molecule has 2 amide bonds. The first-order valence-electron chi connectivity index (χ1n) is 7.40. The average molecular weight is 354 g/mol. The van der Waals surface area contributed by atoms with E-state index >= 15 is 0 Å². The fourth-order valence-corrected chi connectivity index (χ4v) is 2.18. The van der Waals surface area contributed by atoms with Gasteiger partial charge in [-0.3, -0.25) is 14.3 Å². The van der Waals surface area contributed by atoms with Gasteiger partial charge >= 0.3 is 6.18 Å². The Labute approximate surface area is 142 Å². The third-order valence-electron chi connectivity index (χ3n) is 3.43. The summed E-state index contributed by atoms with van der Waals surface area (Å²) in [5.74, 6) is -1.05. The summed E-state index contributed by atoms with van der Waals surface area (Å²) in [6.45, 7) is 2.99. The number of hydrogen-bond acceptors (Lipinski definition) is 3. The molecule has 1 aromatic heterocycles. The lowest BCUT2D eigenvalue weighted by Gasteiger charge is -2.12. The van der Waals surface area contributed by atoms with E-state index in [-0.39, 0.29) is 6.54 Å². The number of rotatable bonds is 5. The van der Waals surface area contributed by atoms with Gasteiger partial charge in [0.15, 0.2) is 5.69 Å². The number of carbonyl (C=O) groups is 2. The van der Waals surface area contributed by atoms with Crippen molar-refractivity contribution in [3.8, 4) is 0 Å². The summed E-state index contributed by atoms with van der Waals surface area (Å²) in [7, 11) is 0. The van der Waals surface area contributed by atoms with Gasteiger partial charge in [0.2, 0.25) is 11.8 Å². The molecule has 25 heavy (non-hydrogen) atoms. The second-order valence-corrected chi connectivity index (χ2v) is 5.49. The highest BCUT2D eigenvalue weighted by Crippen LogP contribution is 2.27. The van der Waals surface area contributed by atoms with Gasteiger partial charge in [-0.1, -0.05) is 18.2 Å². The van der Waals surface area contributed by atoms with Crippen molar-refractivity contribution in [1.82, 2.24) is 15.1 Å². The number of aryl methyl sites for hydroxylation is 2. The summed E-state index contributed by atoms with van der Waals surface area (Å²) in [5, 5.41) is 8.31. The van der Waals surface area contributed by atoms with E-state index in [4.69, 9.17) is 0 Å². The monoisotopic (exact) mass is 354 g/mol. The summed E-state index contributed by atoms with van der Waals surface area (Å²) in [5.41, 5.74) is 1.36. The summed E-state index contributed by atoms with van der Waals surface area (Å²) < 4.78 is 38.2. The Morgan fingerprint density at radius 2 is 1.76 bits per heavy atom. The first kappa shape index (κ1) is 18.5. The van der Waals surface area contributed by atoms with Crippen LogP contribution in [0.25, 0.3) is 0 Å². The highest BCUT2D eigenvalue weighted by molar-refractivity contribution is 5.95. The van der Waals surface area contributed by atoms with Gasteiger partial charge in [0, 0.05) is 11.9 Å². The van der Waals surface area contributed by atoms with Crippen molar-refractivity contribution >= 4 is 17.5 Å². The van der Waals surface area contributed by atoms with Crippen molar-refractivity contribution in [2.24, 2.45) is 0 Å². The van der Waals surface area contributed by atoms with E-state index in [1.165, 1.54) is 0 Å². The Hall–Kier alpha value is -2.84. The quantitative estimate of drug-likeness (QED) is 0.865. The molecule has 0 radical (unpaired) electrons. The molecule has 0 saturated carbocycles. The number of nitrogens with zero attached hydrogens (tertiary/aromatic N) is 2. The van der Waals surface area contributed by atoms with Crippen LogP contribution in [0.5, 0.6) is 0 Å². The first-order chi connectivity index (χ1) is 11.7. The van der Waals surface area contributed by atoms with Gasteiger partial charge in [-0.25, -0.2) is 0 Å². The molecule has 1 heterocycles. The lowest BCUT2D eigenvalue weighted by atomic mass is 10.1. The summed E-state index contributed by atoms with van der Waals surface area (Å²) in [4.78, 5) is 23.6. The Balaban J connectivity index is 1.85. The second kappa shape index (κ2) is 7.37. The maximum absolute atomic E-state index is 12.4. The lowest BCUT2D eigenvalue weighted by Crippen LogP contribution is -2.35. The maximum atomic E-state index is 12.4. The van der Waals surface area contributed by atoms with Crippen LogP contribution in [0.2, 0.25) is 0 Å². The molecule has 0 aliphatic rings. The number of alkyl halides is 3. The molecule has 0 aliphatic carbocycles.